The van der Waals surface area contributed by atoms with Gasteiger partial charge in [0.2, 0.25) is 0 Å². The summed E-state index contributed by atoms with van der Waals surface area (Å²) >= 11 is 0. The third-order valence-corrected chi connectivity index (χ3v) is 10.2. The first-order valence-electron chi connectivity index (χ1n) is 12.8. The molecule has 0 aliphatic carbocycles. The van der Waals surface area contributed by atoms with Crippen molar-refractivity contribution >= 4 is 59.4 Å². The summed E-state index contributed by atoms with van der Waals surface area (Å²) in [6, 6.07) is 24.2. The lowest BCUT2D eigenvalue weighted by molar-refractivity contribution is 0.473. The number of fused-ring (bicyclic) bond motifs is 10. The smallest absolute Gasteiger partial charge is 0.346 e. The van der Waals surface area contributed by atoms with E-state index in [1.54, 1.807) is 0 Å². The maximum Gasteiger partial charge on any atom is 0.568 e. The number of aliphatic imine (C=N–C) groups is 2. The summed E-state index contributed by atoms with van der Waals surface area (Å²) in [5.74, 6) is 2.58. The normalized spacial score (nSPS) is 17.4. The van der Waals surface area contributed by atoms with Crippen molar-refractivity contribution in [3.05, 3.63) is 94.9 Å². The van der Waals surface area contributed by atoms with Gasteiger partial charge in [-0.3, -0.25) is 4.57 Å². The predicted molar refractivity (Wildman–Crippen MR) is 151 cm³/mol. The Hall–Kier alpha value is -4.07. The molecule has 4 bridgehead atoms. The van der Waals surface area contributed by atoms with E-state index in [0.29, 0.717) is 35.3 Å². The minimum atomic E-state index is -2.98. The lowest BCUT2D eigenvalue weighted by Gasteiger charge is -2.26. The van der Waals surface area contributed by atoms with Crippen LogP contribution < -0.4 is 11.0 Å². The van der Waals surface area contributed by atoms with E-state index >= 15 is 0 Å². The van der Waals surface area contributed by atoms with Gasteiger partial charge in [-0.15, -0.1) is 0 Å². The minimum absolute atomic E-state index is 0.428. The standard InChI is InChI=1S/C28H22BN6O2P/c1-3-38(36,4-2)37-29-34-25-19-13-7-9-15-21(19)27(34)33-28-22-16-10-8-14-20(22)26(35(28)29)32-24-18-12-6-5-11-17(18)23(30-24)31-25/h5-16H,3-4H2,1-2H3/b31-23-,31-25?,32-24?,32-26-. The molecule has 184 valence electrons. The van der Waals surface area contributed by atoms with Gasteiger partial charge in [0.15, 0.2) is 19.0 Å². The van der Waals surface area contributed by atoms with Crippen LogP contribution in [0.4, 0.5) is 11.6 Å². The number of nitrogens with zero attached hydrogens (tertiary/aromatic N) is 6. The molecule has 3 aliphatic heterocycles. The van der Waals surface area contributed by atoms with Gasteiger partial charge >= 0.3 is 7.19 Å². The number of rotatable bonds is 4. The van der Waals surface area contributed by atoms with Gasteiger partial charge in [0, 0.05) is 45.0 Å². The zero-order chi connectivity index (χ0) is 25.6. The fourth-order valence-corrected chi connectivity index (χ4v) is 6.94. The second-order valence-corrected chi connectivity index (χ2v) is 12.7. The van der Waals surface area contributed by atoms with Crippen molar-refractivity contribution in [2.24, 2.45) is 20.0 Å². The molecule has 2 aromatic heterocycles. The van der Waals surface area contributed by atoms with Gasteiger partial charge in [0.1, 0.15) is 22.6 Å². The lowest BCUT2D eigenvalue weighted by Crippen LogP contribution is -2.49. The average Bonchev–Trinajstić information content (AvgIpc) is 3.58. The molecule has 0 spiro atoms. The van der Waals surface area contributed by atoms with Crippen molar-refractivity contribution in [1.82, 2.24) is 8.96 Å². The third-order valence-electron chi connectivity index (χ3n) is 7.68. The van der Waals surface area contributed by atoms with E-state index in [0.717, 1.165) is 44.0 Å². The molecule has 3 aromatic carbocycles. The molecular formula is C28H22BN6O2P. The van der Waals surface area contributed by atoms with E-state index in [9.17, 15) is 4.57 Å². The van der Waals surface area contributed by atoms with Crippen molar-refractivity contribution < 1.29 is 9.01 Å². The number of benzene rings is 3. The molecule has 0 fully saturated rings. The summed E-state index contributed by atoms with van der Waals surface area (Å²) in [6.45, 7) is 3.83. The van der Waals surface area contributed by atoms with Crippen molar-refractivity contribution in [3.8, 4) is 0 Å². The van der Waals surface area contributed by atoms with Crippen LogP contribution in [0, 0.1) is 0 Å². The number of hydrogen-bond donors (Lipinski definition) is 0. The van der Waals surface area contributed by atoms with E-state index in [-0.39, 0.29) is 0 Å². The topological polar surface area (TPSA) is 85.6 Å². The molecule has 0 unspecified atom stereocenters. The molecule has 0 atom stereocenters. The zero-order valence-electron chi connectivity index (χ0n) is 20.9. The van der Waals surface area contributed by atoms with E-state index < -0.39 is 14.6 Å². The van der Waals surface area contributed by atoms with Gasteiger partial charge in [-0.25, -0.2) is 20.0 Å². The van der Waals surface area contributed by atoms with E-state index in [4.69, 9.17) is 24.4 Å². The molecule has 0 radical (unpaired) electrons. The maximum atomic E-state index is 13.9. The van der Waals surface area contributed by atoms with Crippen molar-refractivity contribution in [3.63, 3.8) is 0 Å². The first-order valence-corrected chi connectivity index (χ1v) is 14.8. The molecule has 0 saturated heterocycles. The van der Waals surface area contributed by atoms with Gasteiger partial charge < -0.3 is 13.4 Å². The summed E-state index contributed by atoms with van der Waals surface area (Å²) in [5, 5.41) is 3.77. The average molecular weight is 516 g/mol. The Bertz CT molecular complexity index is 2080. The van der Waals surface area contributed by atoms with Crippen LogP contribution in [0.5, 0.6) is 0 Å². The van der Waals surface area contributed by atoms with Gasteiger partial charge in [-0.2, -0.15) is 0 Å². The highest BCUT2D eigenvalue weighted by Gasteiger charge is 2.41. The van der Waals surface area contributed by atoms with Crippen molar-refractivity contribution in [2.75, 3.05) is 12.3 Å². The first-order chi connectivity index (χ1) is 18.6. The lowest BCUT2D eigenvalue weighted by atomic mass is 10.00. The fourth-order valence-electron chi connectivity index (χ4n) is 5.66. The second kappa shape index (κ2) is 7.73. The molecule has 3 aliphatic rings. The van der Waals surface area contributed by atoms with Crippen LogP contribution >= 0.6 is 7.37 Å². The molecule has 5 heterocycles. The third kappa shape index (κ3) is 2.83. The second-order valence-electron chi connectivity index (χ2n) is 9.64. The molecule has 0 saturated carbocycles. The fraction of sp³-hybridized carbons (Fsp3) is 0.143. The number of aromatic nitrogens is 2. The molecule has 0 N–H and O–H groups in total. The zero-order valence-corrected chi connectivity index (χ0v) is 21.8. The van der Waals surface area contributed by atoms with Crippen molar-refractivity contribution in [1.29, 1.82) is 0 Å². The maximum absolute atomic E-state index is 13.9. The van der Waals surface area contributed by atoms with Gasteiger partial charge in [-0.1, -0.05) is 86.6 Å². The molecule has 38 heavy (non-hydrogen) atoms. The highest BCUT2D eigenvalue weighted by atomic mass is 31.2. The summed E-state index contributed by atoms with van der Waals surface area (Å²) in [5.41, 5.74) is 3.25. The largest absolute Gasteiger partial charge is 0.568 e. The summed E-state index contributed by atoms with van der Waals surface area (Å²) in [7, 11) is -3.75. The highest BCUT2D eigenvalue weighted by Crippen LogP contribution is 2.49. The Labute approximate surface area is 218 Å². The van der Waals surface area contributed by atoms with Gasteiger partial charge in [-0.05, 0) is 0 Å². The minimum Gasteiger partial charge on any atom is -0.346 e. The Kier molecular flexibility index (Phi) is 4.47. The van der Waals surface area contributed by atoms with Crippen LogP contribution in [-0.2, 0) is 9.01 Å². The Balaban J connectivity index is 1.63. The van der Waals surface area contributed by atoms with E-state index in [1.165, 1.54) is 0 Å². The molecule has 8 nitrogen and oxygen atoms in total. The quantitative estimate of drug-likeness (QED) is 0.248. The molecule has 10 heteroatoms. The van der Waals surface area contributed by atoms with Crippen LogP contribution in [0.3, 0.4) is 0 Å². The molecule has 5 aromatic rings. The monoisotopic (exact) mass is 516 g/mol. The van der Waals surface area contributed by atoms with Crippen LogP contribution in [0.15, 0.2) is 92.8 Å². The summed E-state index contributed by atoms with van der Waals surface area (Å²) in [4.78, 5) is 20.4. The molecule has 0 amide bonds. The molecular weight excluding hydrogens is 494 g/mol. The molecule has 8 rings (SSSR count). The first kappa shape index (κ1) is 22.0. The summed E-state index contributed by atoms with van der Waals surface area (Å²) in [6.07, 6.45) is 0.857. The number of amidine groups is 2. The Morgan fingerprint density at radius 3 is 1.76 bits per heavy atom. The van der Waals surface area contributed by atoms with Crippen LogP contribution in [0.2, 0.25) is 0 Å². The SMILES string of the molecule is CCP(=O)(CC)OB1n2c3c4ccccc4c2/N=C2N=C(/N=c4/c5ccccc5c(n41)=N3)c1ccccc1\2. The van der Waals surface area contributed by atoms with Gasteiger partial charge in [0.25, 0.3) is 0 Å². The Morgan fingerprint density at radius 2 is 1.16 bits per heavy atom. The van der Waals surface area contributed by atoms with Gasteiger partial charge in [0.05, 0.1) is 0 Å². The predicted octanol–water partition coefficient (Wildman–Crippen LogP) is 5.05. The van der Waals surface area contributed by atoms with Crippen molar-refractivity contribution in [2.45, 2.75) is 13.8 Å². The van der Waals surface area contributed by atoms with Crippen LogP contribution in [-0.4, -0.2) is 40.1 Å². The summed E-state index contributed by atoms with van der Waals surface area (Å²) < 4.78 is 24.5. The van der Waals surface area contributed by atoms with E-state index in [2.05, 4.69) is 0 Å². The number of hydrogen-bond acceptors (Lipinski definition) is 6. The van der Waals surface area contributed by atoms with E-state index in [1.807, 2.05) is 95.6 Å². The van der Waals surface area contributed by atoms with Crippen LogP contribution in [0.1, 0.15) is 25.0 Å². The highest BCUT2D eigenvalue weighted by molar-refractivity contribution is 7.60. The van der Waals surface area contributed by atoms with Crippen LogP contribution in [0.25, 0.3) is 21.5 Å². The Morgan fingerprint density at radius 1 is 0.658 bits per heavy atom.